The van der Waals surface area contributed by atoms with Crippen LogP contribution in [0.3, 0.4) is 0 Å². The Bertz CT molecular complexity index is 614. The van der Waals surface area contributed by atoms with E-state index < -0.39 is 0 Å². The third-order valence-electron chi connectivity index (χ3n) is 4.11. The summed E-state index contributed by atoms with van der Waals surface area (Å²) in [4.78, 5) is 0. The van der Waals surface area contributed by atoms with Gasteiger partial charge in [0.2, 0.25) is 0 Å². The zero-order chi connectivity index (χ0) is 14.1. The van der Waals surface area contributed by atoms with Gasteiger partial charge in [0.1, 0.15) is 5.82 Å². The van der Waals surface area contributed by atoms with E-state index in [4.69, 9.17) is 16.7 Å². The van der Waals surface area contributed by atoms with Gasteiger partial charge in [-0.05, 0) is 37.5 Å². The molecule has 1 N–H and O–H groups in total. The van der Waals surface area contributed by atoms with Crippen LogP contribution in [0.1, 0.15) is 43.9 Å². The van der Waals surface area contributed by atoms with Crippen LogP contribution in [0.5, 0.6) is 0 Å². The number of hydrogen-bond acceptors (Lipinski definition) is 2. The average Bonchev–Trinajstić information content (AvgIpc) is 3.03. The molecule has 0 amide bonds. The first-order valence-electron chi connectivity index (χ1n) is 7.36. The zero-order valence-electron chi connectivity index (χ0n) is 12.0. The van der Waals surface area contributed by atoms with E-state index in [1.54, 1.807) is 0 Å². The Labute approximate surface area is 124 Å². The first kappa shape index (κ1) is 13.5. The van der Waals surface area contributed by atoms with Gasteiger partial charge < -0.3 is 5.32 Å². The van der Waals surface area contributed by atoms with E-state index in [1.165, 1.54) is 11.3 Å². The molecule has 0 saturated heterocycles. The fourth-order valence-electron chi connectivity index (χ4n) is 3.00. The van der Waals surface area contributed by atoms with Crippen LogP contribution in [0.2, 0.25) is 5.02 Å². The summed E-state index contributed by atoms with van der Waals surface area (Å²) in [7, 11) is 0. The Morgan fingerprint density at radius 1 is 1.35 bits per heavy atom. The number of rotatable bonds is 4. The van der Waals surface area contributed by atoms with Crippen molar-refractivity contribution in [3.63, 3.8) is 0 Å². The van der Waals surface area contributed by atoms with Crippen molar-refractivity contribution in [2.45, 2.75) is 39.0 Å². The number of nitrogens with one attached hydrogen (secondary N) is 1. The lowest BCUT2D eigenvalue weighted by atomic mass is 9.96. The largest absolute Gasteiger partial charge is 0.369 e. The molecule has 0 saturated carbocycles. The molecule has 1 aliphatic heterocycles. The number of aromatic nitrogens is 2. The number of halogens is 1. The first-order valence-corrected chi connectivity index (χ1v) is 7.74. The van der Waals surface area contributed by atoms with Crippen LogP contribution in [0.15, 0.2) is 24.3 Å². The molecule has 1 aromatic carbocycles. The fraction of sp³-hybridized carbons (Fsp3) is 0.438. The third-order valence-corrected chi connectivity index (χ3v) is 4.34. The van der Waals surface area contributed by atoms with Crippen molar-refractivity contribution in [1.82, 2.24) is 9.78 Å². The molecule has 2 aromatic rings. The van der Waals surface area contributed by atoms with E-state index in [-0.39, 0.29) is 0 Å². The molecule has 0 radical (unpaired) electrons. The SMILES string of the molecule is CCC(CC)c1nn(-c2cccc(Cl)c2)c2c1CCN2. The Balaban J connectivity index is 2.11. The number of fused-ring (bicyclic) bond motifs is 1. The minimum absolute atomic E-state index is 0.545. The predicted octanol–water partition coefficient (Wildman–Crippen LogP) is 4.40. The van der Waals surface area contributed by atoms with E-state index in [9.17, 15) is 0 Å². The average molecular weight is 290 g/mol. The Morgan fingerprint density at radius 2 is 2.15 bits per heavy atom. The summed E-state index contributed by atoms with van der Waals surface area (Å²) in [5.74, 6) is 1.69. The highest BCUT2D eigenvalue weighted by Gasteiger charge is 2.26. The van der Waals surface area contributed by atoms with Gasteiger partial charge in [0.15, 0.2) is 0 Å². The molecule has 0 unspecified atom stereocenters. The maximum Gasteiger partial charge on any atom is 0.133 e. The van der Waals surface area contributed by atoms with Crippen LogP contribution in [0.25, 0.3) is 5.69 Å². The topological polar surface area (TPSA) is 29.9 Å². The molecule has 1 aliphatic rings. The monoisotopic (exact) mass is 289 g/mol. The Hall–Kier alpha value is -1.48. The van der Waals surface area contributed by atoms with Crippen LogP contribution < -0.4 is 5.32 Å². The van der Waals surface area contributed by atoms with E-state index in [2.05, 4.69) is 25.2 Å². The van der Waals surface area contributed by atoms with Crippen molar-refractivity contribution in [2.24, 2.45) is 0 Å². The number of benzene rings is 1. The minimum Gasteiger partial charge on any atom is -0.369 e. The summed E-state index contributed by atoms with van der Waals surface area (Å²) in [6.45, 7) is 5.48. The summed E-state index contributed by atoms with van der Waals surface area (Å²) in [6, 6.07) is 7.88. The number of hydrogen-bond donors (Lipinski definition) is 1. The van der Waals surface area contributed by atoms with Gasteiger partial charge in [-0.25, -0.2) is 4.68 Å². The molecule has 3 rings (SSSR count). The quantitative estimate of drug-likeness (QED) is 0.904. The van der Waals surface area contributed by atoms with E-state index in [1.807, 2.05) is 22.9 Å². The normalized spacial score (nSPS) is 13.6. The van der Waals surface area contributed by atoms with Crippen molar-refractivity contribution in [3.8, 4) is 5.69 Å². The van der Waals surface area contributed by atoms with Crippen LogP contribution >= 0.6 is 11.6 Å². The molecule has 0 aliphatic carbocycles. The smallest absolute Gasteiger partial charge is 0.133 e. The second kappa shape index (κ2) is 5.49. The van der Waals surface area contributed by atoms with Gasteiger partial charge in [0, 0.05) is 23.0 Å². The standard InChI is InChI=1S/C16H20ClN3/c1-3-11(4-2)15-14-8-9-18-16(14)20(19-15)13-7-5-6-12(17)10-13/h5-7,10-11,18H,3-4,8-9H2,1-2H3. The van der Waals surface area contributed by atoms with Gasteiger partial charge in [-0.1, -0.05) is 31.5 Å². The first-order chi connectivity index (χ1) is 9.74. The number of anilines is 1. The third kappa shape index (κ3) is 2.20. The molecule has 0 spiro atoms. The van der Waals surface area contributed by atoms with Gasteiger partial charge >= 0.3 is 0 Å². The van der Waals surface area contributed by atoms with Gasteiger partial charge in [-0.3, -0.25) is 0 Å². The fourth-order valence-corrected chi connectivity index (χ4v) is 3.18. The molecule has 4 heteroatoms. The lowest BCUT2D eigenvalue weighted by Crippen LogP contribution is -2.06. The maximum absolute atomic E-state index is 6.11. The maximum atomic E-state index is 6.11. The van der Waals surface area contributed by atoms with Crippen LogP contribution in [-0.4, -0.2) is 16.3 Å². The predicted molar refractivity (Wildman–Crippen MR) is 84.1 cm³/mol. The van der Waals surface area contributed by atoms with Crippen molar-refractivity contribution >= 4 is 17.4 Å². The van der Waals surface area contributed by atoms with Crippen LogP contribution in [-0.2, 0) is 6.42 Å². The lowest BCUT2D eigenvalue weighted by Gasteiger charge is -2.10. The zero-order valence-corrected chi connectivity index (χ0v) is 12.7. The second-order valence-electron chi connectivity index (χ2n) is 5.29. The molecule has 3 nitrogen and oxygen atoms in total. The van der Waals surface area contributed by atoms with Crippen molar-refractivity contribution < 1.29 is 0 Å². The summed E-state index contributed by atoms with van der Waals surface area (Å²) in [6.07, 6.45) is 3.34. The van der Waals surface area contributed by atoms with Gasteiger partial charge in [-0.2, -0.15) is 5.10 Å². The van der Waals surface area contributed by atoms with E-state index in [0.29, 0.717) is 5.92 Å². The molecule has 0 bridgehead atoms. The van der Waals surface area contributed by atoms with E-state index >= 15 is 0 Å². The molecule has 20 heavy (non-hydrogen) atoms. The molecular formula is C16H20ClN3. The molecule has 0 fully saturated rings. The Kier molecular flexibility index (Phi) is 3.70. The van der Waals surface area contributed by atoms with Crippen LogP contribution in [0.4, 0.5) is 5.82 Å². The molecule has 0 atom stereocenters. The second-order valence-corrected chi connectivity index (χ2v) is 5.73. The molecular weight excluding hydrogens is 270 g/mol. The lowest BCUT2D eigenvalue weighted by molar-refractivity contribution is 0.607. The van der Waals surface area contributed by atoms with Crippen molar-refractivity contribution in [3.05, 3.63) is 40.5 Å². The van der Waals surface area contributed by atoms with Gasteiger partial charge in [0.25, 0.3) is 0 Å². The van der Waals surface area contributed by atoms with Gasteiger partial charge in [0.05, 0.1) is 11.4 Å². The summed E-state index contributed by atoms with van der Waals surface area (Å²) in [5.41, 5.74) is 3.68. The number of nitrogens with zero attached hydrogens (tertiary/aromatic N) is 2. The summed E-state index contributed by atoms with van der Waals surface area (Å²) < 4.78 is 2.02. The highest BCUT2D eigenvalue weighted by molar-refractivity contribution is 6.30. The van der Waals surface area contributed by atoms with Gasteiger partial charge in [-0.15, -0.1) is 0 Å². The summed E-state index contributed by atoms with van der Waals surface area (Å²) >= 11 is 6.11. The Morgan fingerprint density at radius 3 is 2.85 bits per heavy atom. The van der Waals surface area contributed by atoms with Crippen molar-refractivity contribution in [2.75, 3.05) is 11.9 Å². The van der Waals surface area contributed by atoms with Crippen molar-refractivity contribution in [1.29, 1.82) is 0 Å². The molecule has 1 aromatic heterocycles. The highest BCUT2D eigenvalue weighted by atomic mass is 35.5. The van der Waals surface area contributed by atoms with Crippen LogP contribution in [0, 0.1) is 0 Å². The molecule has 106 valence electrons. The highest BCUT2D eigenvalue weighted by Crippen LogP contribution is 2.35. The van der Waals surface area contributed by atoms with E-state index in [0.717, 1.165) is 42.3 Å². The summed E-state index contributed by atoms with van der Waals surface area (Å²) in [5, 5.41) is 9.09. The molecule has 2 heterocycles. The minimum atomic E-state index is 0.545.